The molecule has 8 bridgehead atoms. The number of aromatic amines is 2. The number of hydrogen-bond donors (Lipinski definition) is 2. The molecule has 0 amide bonds. The zero-order valence-corrected chi connectivity index (χ0v) is 19.8. The van der Waals surface area contributed by atoms with E-state index in [9.17, 15) is 0 Å². The van der Waals surface area contributed by atoms with Gasteiger partial charge in [-0.25, -0.2) is 9.97 Å². The van der Waals surface area contributed by atoms with Gasteiger partial charge in [0.25, 0.3) is 0 Å². The predicted octanol–water partition coefficient (Wildman–Crippen LogP) is 5.60. The SMILES string of the molecule is C1=Cc2cc3ccc(cc4ccc(cc5nc(cc1n2)C=C5)[nH]4)[nH]3.[Zn].[c-]1nccs1. The Morgan fingerprint density at radius 2 is 1.10 bits per heavy atom. The molecular weight excluding hydrogens is 444 g/mol. The fraction of sp³-hybridized carbons (Fsp3) is 0. The molecule has 30 heavy (non-hydrogen) atoms. The van der Waals surface area contributed by atoms with E-state index in [1.165, 1.54) is 11.3 Å². The van der Waals surface area contributed by atoms with E-state index in [4.69, 9.17) is 0 Å². The van der Waals surface area contributed by atoms with Gasteiger partial charge in [-0.05, 0) is 78.3 Å². The molecule has 2 aliphatic heterocycles. The van der Waals surface area contributed by atoms with Crippen LogP contribution in [0.25, 0.3) is 46.4 Å². The quantitative estimate of drug-likeness (QED) is 0.229. The van der Waals surface area contributed by atoms with Crippen LogP contribution in [0.4, 0.5) is 0 Å². The minimum Gasteiger partial charge on any atom is -0.394 e. The molecule has 7 heteroatoms. The number of aromatic nitrogens is 5. The molecule has 0 spiro atoms. The molecule has 5 nitrogen and oxygen atoms in total. The number of nitrogens with one attached hydrogen (secondary N) is 2. The molecule has 0 atom stereocenters. The van der Waals surface area contributed by atoms with Gasteiger partial charge in [0.05, 0.1) is 22.8 Å². The van der Waals surface area contributed by atoms with E-state index in [0.717, 1.165) is 44.8 Å². The molecule has 0 aliphatic carbocycles. The van der Waals surface area contributed by atoms with Crippen molar-refractivity contribution >= 4 is 57.7 Å². The van der Waals surface area contributed by atoms with Crippen molar-refractivity contribution in [1.82, 2.24) is 24.9 Å². The molecule has 4 aromatic rings. The Balaban J connectivity index is 0.000000321. The van der Waals surface area contributed by atoms with Gasteiger partial charge in [0.2, 0.25) is 0 Å². The topological polar surface area (TPSA) is 70.2 Å². The van der Waals surface area contributed by atoms with Crippen LogP contribution in [0.3, 0.4) is 0 Å². The van der Waals surface area contributed by atoms with E-state index in [1.807, 2.05) is 47.9 Å². The first-order chi connectivity index (χ1) is 14.3. The zero-order valence-electron chi connectivity index (χ0n) is 16.0. The van der Waals surface area contributed by atoms with Crippen molar-refractivity contribution < 1.29 is 19.5 Å². The van der Waals surface area contributed by atoms with E-state index in [2.05, 4.69) is 60.8 Å². The summed E-state index contributed by atoms with van der Waals surface area (Å²) in [4.78, 5) is 19.6. The minimum absolute atomic E-state index is 0. The summed E-state index contributed by atoms with van der Waals surface area (Å²) in [5.74, 6) is 0. The molecule has 2 N–H and O–H groups in total. The van der Waals surface area contributed by atoms with Gasteiger partial charge in [-0.1, -0.05) is 0 Å². The Morgan fingerprint density at radius 3 is 1.50 bits per heavy atom. The molecule has 6 heterocycles. The first kappa shape index (κ1) is 20.1. The summed E-state index contributed by atoms with van der Waals surface area (Å²) in [7, 11) is 0. The Morgan fingerprint density at radius 1 is 0.633 bits per heavy atom. The molecule has 0 saturated heterocycles. The van der Waals surface area contributed by atoms with Crippen LogP contribution in [0.15, 0.2) is 60.1 Å². The van der Waals surface area contributed by atoms with E-state index in [-0.39, 0.29) is 19.5 Å². The van der Waals surface area contributed by atoms with Gasteiger partial charge in [-0.3, -0.25) is 11.3 Å². The number of H-pyrrole nitrogens is 2. The molecule has 2 aliphatic rings. The number of fused-ring (bicyclic) bond motifs is 8. The smallest absolute Gasteiger partial charge is 0.0659 e. The van der Waals surface area contributed by atoms with Crippen LogP contribution < -0.4 is 0 Å². The second-order valence-corrected chi connectivity index (χ2v) is 7.22. The van der Waals surface area contributed by atoms with Crippen molar-refractivity contribution in [2.24, 2.45) is 0 Å². The summed E-state index contributed by atoms with van der Waals surface area (Å²) in [5, 5.41) is 1.88. The largest absolute Gasteiger partial charge is 0.394 e. The van der Waals surface area contributed by atoms with Crippen LogP contribution in [0.5, 0.6) is 0 Å². The van der Waals surface area contributed by atoms with E-state index in [1.54, 1.807) is 6.20 Å². The van der Waals surface area contributed by atoms with Crippen molar-refractivity contribution in [1.29, 1.82) is 0 Å². The summed E-state index contributed by atoms with van der Waals surface area (Å²) in [6.07, 6.45) is 9.76. The van der Waals surface area contributed by atoms with Crippen molar-refractivity contribution in [3.63, 3.8) is 0 Å². The van der Waals surface area contributed by atoms with Crippen molar-refractivity contribution in [2.75, 3.05) is 0 Å². The van der Waals surface area contributed by atoms with E-state index in [0.29, 0.717) is 0 Å². The number of rotatable bonds is 0. The first-order valence-corrected chi connectivity index (χ1v) is 9.98. The van der Waals surface area contributed by atoms with Crippen LogP contribution >= 0.6 is 11.3 Å². The standard InChI is InChI=1S/C20H14N4.C3H2NS.Zn/c1-2-14-10-16-5-6-18(23-16)12-20-8-7-19(24-20)11-17-4-3-15(22-17)9-13(1)21-14;1-2-5-3-4-1;/h1-12,21-22H;1-2H;/q;-1;. The zero-order chi connectivity index (χ0) is 19.5. The molecule has 0 aromatic carbocycles. The molecular formula is C23H16N5SZn-. The third-order valence-corrected chi connectivity index (χ3v) is 4.82. The second-order valence-electron chi connectivity index (χ2n) is 6.53. The molecule has 0 fully saturated rings. The summed E-state index contributed by atoms with van der Waals surface area (Å²) >= 11 is 1.48. The summed E-state index contributed by atoms with van der Waals surface area (Å²) in [5.41, 5.74) is 10.5. The van der Waals surface area contributed by atoms with Gasteiger partial charge in [0.15, 0.2) is 0 Å². The Labute approximate surface area is 190 Å². The van der Waals surface area contributed by atoms with Crippen LogP contribution in [0, 0.1) is 5.51 Å². The predicted molar refractivity (Wildman–Crippen MR) is 120 cm³/mol. The van der Waals surface area contributed by atoms with Gasteiger partial charge in [0.1, 0.15) is 0 Å². The normalized spacial score (nSPS) is 11.5. The van der Waals surface area contributed by atoms with E-state index < -0.39 is 0 Å². The summed E-state index contributed by atoms with van der Waals surface area (Å²) in [6, 6.07) is 16.4. The van der Waals surface area contributed by atoms with Crippen LogP contribution in [0.1, 0.15) is 22.8 Å². The van der Waals surface area contributed by atoms with Gasteiger partial charge in [-0.15, -0.1) is 11.6 Å². The van der Waals surface area contributed by atoms with Crippen LogP contribution in [-0.4, -0.2) is 24.9 Å². The minimum atomic E-state index is 0. The maximum absolute atomic E-state index is 4.62. The number of thiazole rings is 1. The fourth-order valence-corrected chi connectivity index (χ4v) is 3.40. The molecule has 142 valence electrons. The molecule has 0 unspecified atom stereocenters. The maximum atomic E-state index is 4.62. The third-order valence-electron chi connectivity index (χ3n) is 4.35. The third kappa shape index (κ3) is 4.88. The van der Waals surface area contributed by atoms with Crippen molar-refractivity contribution in [2.45, 2.75) is 0 Å². The second kappa shape index (κ2) is 9.12. The monoisotopic (exact) mass is 458 g/mol. The van der Waals surface area contributed by atoms with Crippen LogP contribution in [0.2, 0.25) is 0 Å². The maximum Gasteiger partial charge on any atom is 0.0659 e. The van der Waals surface area contributed by atoms with Crippen LogP contribution in [-0.2, 0) is 19.5 Å². The first-order valence-electron chi connectivity index (χ1n) is 9.10. The summed E-state index contributed by atoms with van der Waals surface area (Å²) < 4.78 is 0. The average Bonchev–Trinajstić information content (AvgIpc) is 3.50. The molecule has 0 saturated carbocycles. The fourth-order valence-electron chi connectivity index (χ4n) is 3.10. The Kier molecular flexibility index (Phi) is 6.12. The number of hydrogen-bond acceptors (Lipinski definition) is 4. The molecule has 4 aromatic heterocycles. The van der Waals surface area contributed by atoms with E-state index >= 15 is 0 Å². The van der Waals surface area contributed by atoms with Gasteiger partial charge in [0, 0.05) is 41.5 Å². The van der Waals surface area contributed by atoms with Gasteiger partial charge >= 0.3 is 0 Å². The molecule has 6 rings (SSSR count). The van der Waals surface area contributed by atoms with Gasteiger partial charge < -0.3 is 15.0 Å². The molecule has 0 radical (unpaired) electrons. The van der Waals surface area contributed by atoms with Crippen molar-refractivity contribution in [3.05, 3.63) is 88.4 Å². The number of nitrogens with zero attached hydrogens (tertiary/aromatic N) is 3. The summed E-state index contributed by atoms with van der Waals surface area (Å²) in [6.45, 7) is 0. The van der Waals surface area contributed by atoms with Crippen molar-refractivity contribution in [3.8, 4) is 0 Å². The van der Waals surface area contributed by atoms with Gasteiger partial charge in [-0.2, -0.15) is 0 Å². The Hall–Kier alpha value is -3.15. The Bertz CT molecular complexity index is 1260. The average molecular weight is 460 g/mol.